The highest BCUT2D eigenvalue weighted by atomic mass is 32.2. The van der Waals surface area contributed by atoms with Crippen LogP contribution in [0.2, 0.25) is 0 Å². The Balaban J connectivity index is 1.72. The molecule has 1 aliphatic carbocycles. The van der Waals surface area contributed by atoms with E-state index in [1.54, 1.807) is 29.2 Å². The van der Waals surface area contributed by atoms with Crippen molar-refractivity contribution in [1.29, 1.82) is 0 Å². The van der Waals surface area contributed by atoms with Crippen LogP contribution < -0.4 is 4.72 Å². The van der Waals surface area contributed by atoms with E-state index in [1.807, 2.05) is 27.7 Å². The number of nitrogens with one attached hydrogen (secondary N) is 1. The SMILES string of the molecule is C=C1C[C@H]2CN(C(=O)OC(C)(C)C)C[C@H]2[C@@H]1NS(=O)(=O)c1ccc(C)cc1. The van der Waals surface area contributed by atoms with Crippen LogP contribution in [0.3, 0.4) is 0 Å². The van der Waals surface area contributed by atoms with Crippen LogP contribution in [0.5, 0.6) is 0 Å². The summed E-state index contributed by atoms with van der Waals surface area (Å²) < 4.78 is 33.8. The van der Waals surface area contributed by atoms with Crippen molar-refractivity contribution in [3.63, 3.8) is 0 Å². The number of nitrogens with zero attached hydrogens (tertiary/aromatic N) is 1. The Morgan fingerprint density at radius 1 is 1.22 bits per heavy atom. The summed E-state index contributed by atoms with van der Waals surface area (Å²) in [6.45, 7) is 12.5. The summed E-state index contributed by atoms with van der Waals surface area (Å²) in [5, 5.41) is 0. The van der Waals surface area contributed by atoms with Gasteiger partial charge in [0, 0.05) is 25.0 Å². The lowest BCUT2D eigenvalue weighted by atomic mass is 9.98. The van der Waals surface area contributed by atoms with Gasteiger partial charge in [-0.25, -0.2) is 17.9 Å². The summed E-state index contributed by atoms with van der Waals surface area (Å²) in [7, 11) is -3.64. The minimum Gasteiger partial charge on any atom is -0.444 e. The molecule has 1 aliphatic heterocycles. The lowest BCUT2D eigenvalue weighted by Crippen LogP contribution is -2.41. The monoisotopic (exact) mass is 392 g/mol. The summed E-state index contributed by atoms with van der Waals surface area (Å²) in [6, 6.07) is 6.40. The van der Waals surface area contributed by atoms with E-state index >= 15 is 0 Å². The molecule has 0 radical (unpaired) electrons. The number of carbonyl (C=O) groups is 1. The van der Waals surface area contributed by atoms with Crippen LogP contribution in [0, 0.1) is 18.8 Å². The van der Waals surface area contributed by atoms with Gasteiger partial charge in [0.05, 0.1) is 4.90 Å². The van der Waals surface area contributed by atoms with Gasteiger partial charge in [-0.15, -0.1) is 0 Å². The van der Waals surface area contributed by atoms with E-state index in [9.17, 15) is 13.2 Å². The van der Waals surface area contributed by atoms with E-state index in [4.69, 9.17) is 4.74 Å². The van der Waals surface area contributed by atoms with Crippen molar-refractivity contribution in [2.24, 2.45) is 11.8 Å². The molecule has 2 fully saturated rings. The van der Waals surface area contributed by atoms with Gasteiger partial charge in [0.2, 0.25) is 10.0 Å². The predicted octanol–water partition coefficient (Wildman–Crippen LogP) is 3.08. The Morgan fingerprint density at radius 2 is 1.85 bits per heavy atom. The van der Waals surface area contributed by atoms with Crippen molar-refractivity contribution >= 4 is 16.1 Å². The second-order valence-corrected chi connectivity index (χ2v) is 10.3. The third-order valence-corrected chi connectivity index (χ3v) is 6.61. The number of hydrogen-bond donors (Lipinski definition) is 1. The molecule has 27 heavy (non-hydrogen) atoms. The van der Waals surface area contributed by atoms with Crippen LogP contribution in [-0.4, -0.2) is 44.1 Å². The Bertz CT molecular complexity index is 840. The number of benzene rings is 1. The Kier molecular flexibility index (Phi) is 5.12. The minimum absolute atomic E-state index is 0.0187. The van der Waals surface area contributed by atoms with Gasteiger partial charge in [0.15, 0.2) is 0 Å². The van der Waals surface area contributed by atoms with Crippen LogP contribution >= 0.6 is 0 Å². The zero-order valence-corrected chi connectivity index (χ0v) is 17.2. The molecular formula is C20H28N2O4S. The van der Waals surface area contributed by atoms with Crippen molar-refractivity contribution in [3.05, 3.63) is 42.0 Å². The first-order valence-corrected chi connectivity index (χ1v) is 10.7. The Hall–Kier alpha value is -1.86. The van der Waals surface area contributed by atoms with Gasteiger partial charge in [-0.3, -0.25) is 0 Å². The molecule has 1 N–H and O–H groups in total. The molecule has 0 spiro atoms. The molecule has 1 saturated carbocycles. The number of ether oxygens (including phenoxy) is 1. The van der Waals surface area contributed by atoms with Crippen molar-refractivity contribution in [2.45, 2.75) is 50.7 Å². The maximum absolute atomic E-state index is 12.8. The van der Waals surface area contributed by atoms with Gasteiger partial charge in [-0.05, 0) is 52.2 Å². The summed E-state index contributed by atoms with van der Waals surface area (Å²) >= 11 is 0. The number of sulfonamides is 1. The highest BCUT2D eigenvalue weighted by Crippen LogP contribution is 2.41. The molecule has 3 atom stereocenters. The Morgan fingerprint density at radius 3 is 2.44 bits per heavy atom. The van der Waals surface area contributed by atoms with Gasteiger partial charge >= 0.3 is 6.09 Å². The summed E-state index contributed by atoms with van der Waals surface area (Å²) in [5.41, 5.74) is 1.33. The first kappa shape index (κ1) is 19.9. The highest BCUT2D eigenvalue weighted by molar-refractivity contribution is 7.89. The lowest BCUT2D eigenvalue weighted by molar-refractivity contribution is 0.0281. The third-order valence-electron chi connectivity index (χ3n) is 5.15. The van der Waals surface area contributed by atoms with Crippen molar-refractivity contribution < 1.29 is 17.9 Å². The second-order valence-electron chi connectivity index (χ2n) is 8.58. The van der Waals surface area contributed by atoms with Gasteiger partial charge in [0.25, 0.3) is 0 Å². The largest absolute Gasteiger partial charge is 0.444 e. The number of amides is 1. The molecule has 0 unspecified atom stereocenters. The molecule has 148 valence electrons. The smallest absolute Gasteiger partial charge is 0.410 e. The number of carbonyl (C=O) groups excluding carboxylic acids is 1. The predicted molar refractivity (Wildman–Crippen MR) is 104 cm³/mol. The number of aryl methyl sites for hydroxylation is 1. The molecule has 0 bridgehead atoms. The summed E-state index contributed by atoms with van der Waals surface area (Å²) in [6.07, 6.45) is 0.369. The van der Waals surface area contributed by atoms with E-state index in [-0.39, 0.29) is 28.9 Å². The zero-order valence-electron chi connectivity index (χ0n) is 16.4. The van der Waals surface area contributed by atoms with E-state index in [1.165, 1.54) is 0 Å². The maximum atomic E-state index is 12.8. The molecule has 1 aromatic rings. The van der Waals surface area contributed by atoms with Crippen LogP contribution in [0.25, 0.3) is 0 Å². The van der Waals surface area contributed by atoms with Crippen LogP contribution in [0.4, 0.5) is 4.79 Å². The van der Waals surface area contributed by atoms with Crippen molar-refractivity contribution in [1.82, 2.24) is 9.62 Å². The average molecular weight is 393 g/mol. The number of hydrogen-bond acceptors (Lipinski definition) is 4. The van der Waals surface area contributed by atoms with Gasteiger partial charge in [-0.1, -0.05) is 29.8 Å². The fraction of sp³-hybridized carbons (Fsp3) is 0.550. The Labute approximate surface area is 161 Å². The topological polar surface area (TPSA) is 75.7 Å². The maximum Gasteiger partial charge on any atom is 0.410 e. The molecule has 6 nitrogen and oxygen atoms in total. The summed E-state index contributed by atoms with van der Waals surface area (Å²) in [4.78, 5) is 14.3. The van der Waals surface area contributed by atoms with Crippen LogP contribution in [0.15, 0.2) is 41.3 Å². The molecule has 1 saturated heterocycles. The number of rotatable bonds is 3. The first-order chi connectivity index (χ1) is 12.5. The molecular weight excluding hydrogens is 364 g/mol. The molecule has 0 aromatic heterocycles. The number of fused-ring (bicyclic) bond motifs is 1. The summed E-state index contributed by atoms with van der Waals surface area (Å²) in [5.74, 6) is 0.223. The van der Waals surface area contributed by atoms with E-state index in [0.717, 1.165) is 11.1 Å². The van der Waals surface area contributed by atoms with Gasteiger partial charge in [0.1, 0.15) is 5.60 Å². The first-order valence-electron chi connectivity index (χ1n) is 9.21. The molecule has 1 aromatic carbocycles. The van der Waals surface area contributed by atoms with Gasteiger partial charge in [-0.2, -0.15) is 0 Å². The fourth-order valence-electron chi connectivity index (χ4n) is 3.86. The normalized spacial score (nSPS) is 25.6. The van der Waals surface area contributed by atoms with Crippen molar-refractivity contribution in [3.8, 4) is 0 Å². The van der Waals surface area contributed by atoms with Crippen LogP contribution in [0.1, 0.15) is 32.8 Å². The molecule has 2 aliphatic rings. The lowest BCUT2D eigenvalue weighted by Gasteiger charge is -2.26. The van der Waals surface area contributed by atoms with Crippen LogP contribution in [-0.2, 0) is 14.8 Å². The van der Waals surface area contributed by atoms with E-state index < -0.39 is 15.6 Å². The highest BCUT2D eigenvalue weighted by Gasteiger charge is 2.47. The fourth-order valence-corrected chi connectivity index (χ4v) is 5.16. The molecule has 7 heteroatoms. The standard InChI is InChI=1S/C20H28N2O4S/c1-13-6-8-16(9-7-13)27(24,25)21-18-14(2)10-15-11-22(12-17(15)18)19(23)26-20(3,4)5/h6-9,15,17-18,21H,2,10-12H2,1,3-5H3/t15-,17+,18+/m0/s1. The third kappa shape index (κ3) is 4.35. The second kappa shape index (κ2) is 6.95. The molecule has 1 heterocycles. The molecule has 3 rings (SSSR count). The van der Waals surface area contributed by atoms with Gasteiger partial charge < -0.3 is 9.64 Å². The zero-order chi connectivity index (χ0) is 20.0. The molecule has 1 amide bonds. The quantitative estimate of drug-likeness (QED) is 0.802. The minimum atomic E-state index is -3.64. The average Bonchev–Trinajstić information content (AvgIpc) is 3.06. The number of likely N-dealkylation sites (tertiary alicyclic amines) is 1. The van der Waals surface area contributed by atoms with E-state index in [2.05, 4.69) is 11.3 Å². The van der Waals surface area contributed by atoms with E-state index in [0.29, 0.717) is 19.5 Å². The van der Waals surface area contributed by atoms with Crippen molar-refractivity contribution in [2.75, 3.05) is 13.1 Å².